The molecule has 1 aliphatic heterocycles. The highest BCUT2D eigenvalue weighted by atomic mass is 32.2. The number of ketones is 1. The van der Waals surface area contributed by atoms with Crippen LogP contribution >= 0.6 is 11.8 Å². The number of thioether (sulfide) groups is 1. The van der Waals surface area contributed by atoms with E-state index in [4.69, 9.17) is 0 Å². The smallest absolute Gasteiger partial charge is 0.243 e. The van der Waals surface area contributed by atoms with Crippen molar-refractivity contribution in [2.75, 3.05) is 31.9 Å². The number of carbonyl (C=O) groups excluding carboxylic acids is 2. The SMILES string of the molecule is CCn1cnnc1SCC(=O)N1CCN(S(=O)(=O)c2ccc(C(C)=O)cc2)CC1. The van der Waals surface area contributed by atoms with Crippen LogP contribution in [0.15, 0.2) is 40.6 Å². The molecule has 0 radical (unpaired) electrons. The molecule has 11 heteroatoms. The third kappa shape index (κ3) is 4.85. The number of nitrogens with zero attached hydrogens (tertiary/aromatic N) is 5. The molecule has 3 rings (SSSR count). The number of sulfonamides is 1. The molecule has 0 bridgehead atoms. The van der Waals surface area contributed by atoms with E-state index in [-0.39, 0.29) is 35.4 Å². The summed E-state index contributed by atoms with van der Waals surface area (Å²) in [6.07, 6.45) is 1.62. The molecule has 1 aliphatic rings. The Morgan fingerprint density at radius 2 is 1.76 bits per heavy atom. The minimum Gasteiger partial charge on any atom is -0.339 e. The van der Waals surface area contributed by atoms with E-state index in [9.17, 15) is 18.0 Å². The summed E-state index contributed by atoms with van der Waals surface area (Å²) >= 11 is 1.33. The average molecular weight is 438 g/mol. The van der Waals surface area contributed by atoms with Gasteiger partial charge in [0.2, 0.25) is 15.9 Å². The van der Waals surface area contributed by atoms with E-state index < -0.39 is 10.0 Å². The van der Waals surface area contributed by atoms with Crippen LogP contribution in [0.1, 0.15) is 24.2 Å². The lowest BCUT2D eigenvalue weighted by Crippen LogP contribution is -2.51. The third-order valence-corrected chi connectivity index (χ3v) is 7.61. The fraction of sp³-hybridized carbons (Fsp3) is 0.444. The van der Waals surface area contributed by atoms with E-state index in [1.165, 1.54) is 47.3 Å². The second-order valence-corrected chi connectivity index (χ2v) is 9.43. The molecule has 2 aromatic rings. The van der Waals surface area contributed by atoms with Gasteiger partial charge in [-0.15, -0.1) is 10.2 Å². The Kier molecular flexibility index (Phi) is 6.70. The van der Waals surface area contributed by atoms with Gasteiger partial charge in [0.1, 0.15) is 6.33 Å². The van der Waals surface area contributed by atoms with Gasteiger partial charge in [-0.1, -0.05) is 23.9 Å². The molecule has 0 atom stereocenters. The van der Waals surface area contributed by atoms with Crippen LogP contribution in [-0.2, 0) is 21.4 Å². The quantitative estimate of drug-likeness (QED) is 0.472. The number of hydrogen-bond donors (Lipinski definition) is 0. The molecule has 1 fully saturated rings. The van der Waals surface area contributed by atoms with Gasteiger partial charge in [-0.2, -0.15) is 4.31 Å². The zero-order valence-corrected chi connectivity index (χ0v) is 17.9. The first-order valence-corrected chi connectivity index (χ1v) is 11.6. The maximum absolute atomic E-state index is 12.8. The van der Waals surface area contributed by atoms with Crippen molar-refractivity contribution in [3.05, 3.63) is 36.2 Å². The molecule has 0 saturated carbocycles. The molecule has 1 saturated heterocycles. The van der Waals surface area contributed by atoms with Crippen molar-refractivity contribution >= 4 is 33.5 Å². The van der Waals surface area contributed by atoms with Crippen LogP contribution in [0.5, 0.6) is 0 Å². The summed E-state index contributed by atoms with van der Waals surface area (Å²) in [5.41, 5.74) is 0.468. The number of benzene rings is 1. The Hall–Kier alpha value is -2.24. The maximum Gasteiger partial charge on any atom is 0.243 e. The Bertz CT molecular complexity index is 980. The van der Waals surface area contributed by atoms with Crippen molar-refractivity contribution in [1.82, 2.24) is 24.0 Å². The van der Waals surface area contributed by atoms with E-state index in [1.807, 2.05) is 11.5 Å². The largest absolute Gasteiger partial charge is 0.339 e. The molecule has 156 valence electrons. The molecule has 1 aromatic heterocycles. The number of rotatable bonds is 7. The lowest BCUT2D eigenvalue weighted by Gasteiger charge is -2.34. The number of piperazine rings is 1. The number of Topliss-reactive ketones (excluding diaryl/α,β-unsaturated/α-hetero) is 1. The fourth-order valence-electron chi connectivity index (χ4n) is 2.98. The number of aryl methyl sites for hydroxylation is 1. The van der Waals surface area contributed by atoms with E-state index in [0.29, 0.717) is 23.8 Å². The van der Waals surface area contributed by atoms with Crippen LogP contribution in [0.25, 0.3) is 0 Å². The van der Waals surface area contributed by atoms with E-state index in [2.05, 4.69) is 10.2 Å². The first-order valence-electron chi connectivity index (χ1n) is 9.22. The van der Waals surface area contributed by atoms with Crippen LogP contribution < -0.4 is 0 Å². The lowest BCUT2D eigenvalue weighted by atomic mass is 10.2. The van der Waals surface area contributed by atoms with Crippen LogP contribution in [0.4, 0.5) is 0 Å². The van der Waals surface area contributed by atoms with Gasteiger partial charge in [0, 0.05) is 38.3 Å². The van der Waals surface area contributed by atoms with Gasteiger partial charge < -0.3 is 9.47 Å². The first kappa shape index (κ1) is 21.5. The highest BCUT2D eigenvalue weighted by molar-refractivity contribution is 7.99. The summed E-state index contributed by atoms with van der Waals surface area (Å²) < 4.78 is 28.9. The highest BCUT2D eigenvalue weighted by Gasteiger charge is 2.30. The second-order valence-electron chi connectivity index (χ2n) is 6.55. The molecule has 9 nitrogen and oxygen atoms in total. The Labute approximate surface area is 174 Å². The van der Waals surface area contributed by atoms with Crippen LogP contribution in [0.3, 0.4) is 0 Å². The summed E-state index contributed by atoms with van der Waals surface area (Å²) in [7, 11) is -3.65. The average Bonchev–Trinajstić information content (AvgIpc) is 3.19. The van der Waals surface area contributed by atoms with Crippen molar-refractivity contribution in [2.45, 2.75) is 30.4 Å². The molecule has 0 N–H and O–H groups in total. The molecular weight excluding hydrogens is 414 g/mol. The van der Waals surface area contributed by atoms with Crippen molar-refractivity contribution in [1.29, 1.82) is 0 Å². The van der Waals surface area contributed by atoms with E-state index >= 15 is 0 Å². The zero-order chi connectivity index (χ0) is 21.0. The summed E-state index contributed by atoms with van der Waals surface area (Å²) in [5, 5.41) is 8.53. The van der Waals surface area contributed by atoms with Crippen molar-refractivity contribution in [3.8, 4) is 0 Å². The normalized spacial score (nSPS) is 15.4. The monoisotopic (exact) mass is 437 g/mol. The van der Waals surface area contributed by atoms with Gasteiger partial charge >= 0.3 is 0 Å². The standard InChI is InChI=1S/C18H23N5O4S2/c1-3-21-13-19-20-18(21)28-12-17(25)22-8-10-23(11-9-22)29(26,27)16-6-4-15(5-7-16)14(2)24/h4-7,13H,3,8-12H2,1-2H3. The minimum absolute atomic E-state index is 0.0523. The highest BCUT2D eigenvalue weighted by Crippen LogP contribution is 2.20. The molecule has 0 spiro atoms. The predicted molar refractivity (Wildman–Crippen MR) is 108 cm³/mol. The summed E-state index contributed by atoms with van der Waals surface area (Å²) in [6, 6.07) is 5.93. The number of carbonyl (C=O) groups is 2. The number of aromatic nitrogens is 3. The maximum atomic E-state index is 12.8. The molecule has 0 unspecified atom stereocenters. The van der Waals surface area contributed by atoms with Gasteiger partial charge in [0.25, 0.3) is 0 Å². The topological polar surface area (TPSA) is 105 Å². The summed E-state index contributed by atoms with van der Waals surface area (Å²) in [5.74, 6) is 0.0671. The molecule has 1 amide bonds. The van der Waals surface area contributed by atoms with Crippen LogP contribution in [-0.4, -0.2) is 76.0 Å². The summed E-state index contributed by atoms with van der Waals surface area (Å²) in [4.78, 5) is 25.7. The molecule has 29 heavy (non-hydrogen) atoms. The van der Waals surface area contributed by atoms with Gasteiger partial charge in [-0.3, -0.25) is 9.59 Å². The van der Waals surface area contributed by atoms with E-state index in [0.717, 1.165) is 6.54 Å². The fourth-order valence-corrected chi connectivity index (χ4v) is 5.28. The first-order chi connectivity index (χ1) is 13.8. The minimum atomic E-state index is -3.65. The van der Waals surface area contributed by atoms with Crippen LogP contribution in [0, 0.1) is 0 Å². The lowest BCUT2D eigenvalue weighted by molar-refractivity contribution is -0.129. The Morgan fingerprint density at radius 1 is 1.10 bits per heavy atom. The molecule has 2 heterocycles. The number of amides is 1. The second kappa shape index (κ2) is 9.06. The number of hydrogen-bond acceptors (Lipinski definition) is 7. The van der Waals surface area contributed by atoms with Crippen molar-refractivity contribution in [3.63, 3.8) is 0 Å². The Balaban J connectivity index is 1.56. The van der Waals surface area contributed by atoms with Crippen LogP contribution in [0.2, 0.25) is 0 Å². The molecule has 0 aliphatic carbocycles. The van der Waals surface area contributed by atoms with Gasteiger partial charge in [0.05, 0.1) is 10.6 Å². The van der Waals surface area contributed by atoms with Gasteiger partial charge in [-0.25, -0.2) is 8.42 Å². The van der Waals surface area contributed by atoms with E-state index in [1.54, 1.807) is 11.2 Å². The predicted octanol–water partition coefficient (Wildman–Crippen LogP) is 1.13. The summed E-state index contributed by atoms with van der Waals surface area (Å²) in [6.45, 7) is 5.28. The third-order valence-electron chi connectivity index (χ3n) is 4.74. The van der Waals surface area contributed by atoms with Gasteiger partial charge in [-0.05, 0) is 26.0 Å². The molecule has 1 aromatic carbocycles. The molecular formula is C18H23N5O4S2. The van der Waals surface area contributed by atoms with Gasteiger partial charge in [0.15, 0.2) is 10.9 Å². The van der Waals surface area contributed by atoms with Crippen molar-refractivity contribution < 1.29 is 18.0 Å². The zero-order valence-electron chi connectivity index (χ0n) is 16.3. The van der Waals surface area contributed by atoms with Crippen molar-refractivity contribution in [2.24, 2.45) is 0 Å². The Morgan fingerprint density at radius 3 is 2.34 bits per heavy atom.